The molecular weight excluding hydrogens is 198 g/mol. The Morgan fingerprint density at radius 2 is 1.56 bits per heavy atom. The van der Waals surface area contributed by atoms with Crippen molar-refractivity contribution in [2.45, 2.75) is 57.5 Å². The van der Waals surface area contributed by atoms with Gasteiger partial charge < -0.3 is 10.8 Å². The molecule has 4 rings (SSSR count). The van der Waals surface area contributed by atoms with Crippen LogP contribution in [-0.4, -0.2) is 17.8 Å². The van der Waals surface area contributed by atoms with Gasteiger partial charge in [0.2, 0.25) is 0 Å². The smallest absolute Gasteiger partial charge is 0.0557 e. The van der Waals surface area contributed by atoms with Gasteiger partial charge in [-0.1, -0.05) is 0 Å². The van der Waals surface area contributed by atoms with E-state index >= 15 is 0 Å². The Bertz CT molecular complexity index is 228. The van der Waals surface area contributed by atoms with Crippen molar-refractivity contribution >= 4 is 0 Å². The Hall–Kier alpha value is -0.0800. The van der Waals surface area contributed by atoms with E-state index in [-0.39, 0.29) is 6.10 Å². The van der Waals surface area contributed by atoms with Crippen molar-refractivity contribution in [1.82, 2.24) is 0 Å². The van der Waals surface area contributed by atoms with Crippen LogP contribution in [0.15, 0.2) is 0 Å². The topological polar surface area (TPSA) is 46.2 Å². The first-order chi connectivity index (χ1) is 7.69. The van der Waals surface area contributed by atoms with Crippen molar-refractivity contribution in [3.63, 3.8) is 0 Å². The average Bonchev–Trinajstić information content (AvgIpc) is 2.13. The molecule has 4 aliphatic carbocycles. The SMILES string of the molecule is NCC[C@@H](O)CC12CC3CC(CC(C3)C1)C2. The van der Waals surface area contributed by atoms with Crippen LogP contribution in [0.25, 0.3) is 0 Å². The molecule has 2 heteroatoms. The Labute approximate surface area is 98.6 Å². The second kappa shape index (κ2) is 3.99. The number of hydrogen-bond acceptors (Lipinski definition) is 2. The number of aliphatic hydroxyl groups excluding tert-OH is 1. The average molecular weight is 223 g/mol. The molecule has 0 saturated heterocycles. The summed E-state index contributed by atoms with van der Waals surface area (Å²) in [6, 6.07) is 0. The number of nitrogens with two attached hydrogens (primary N) is 1. The highest BCUT2D eigenvalue weighted by Gasteiger charge is 2.51. The van der Waals surface area contributed by atoms with Crippen molar-refractivity contribution in [1.29, 1.82) is 0 Å². The Kier molecular flexibility index (Phi) is 2.75. The van der Waals surface area contributed by atoms with E-state index in [0.717, 1.165) is 30.6 Å². The van der Waals surface area contributed by atoms with Gasteiger partial charge in [0, 0.05) is 0 Å². The molecule has 1 atom stereocenters. The molecular formula is C14H25NO. The molecule has 0 aromatic carbocycles. The van der Waals surface area contributed by atoms with E-state index in [1.165, 1.54) is 38.5 Å². The van der Waals surface area contributed by atoms with Crippen LogP contribution < -0.4 is 5.73 Å². The van der Waals surface area contributed by atoms with Crippen LogP contribution >= 0.6 is 0 Å². The van der Waals surface area contributed by atoms with Crippen LogP contribution in [-0.2, 0) is 0 Å². The lowest BCUT2D eigenvalue weighted by Gasteiger charge is -2.57. The normalized spacial score (nSPS) is 47.2. The predicted molar refractivity (Wildman–Crippen MR) is 64.9 cm³/mol. The van der Waals surface area contributed by atoms with Crippen molar-refractivity contribution in [3.05, 3.63) is 0 Å². The summed E-state index contributed by atoms with van der Waals surface area (Å²) in [5, 5.41) is 10.0. The van der Waals surface area contributed by atoms with E-state index < -0.39 is 0 Å². The van der Waals surface area contributed by atoms with E-state index in [1.807, 2.05) is 0 Å². The van der Waals surface area contributed by atoms with Gasteiger partial charge in [0.25, 0.3) is 0 Å². The van der Waals surface area contributed by atoms with Gasteiger partial charge in [-0.25, -0.2) is 0 Å². The minimum atomic E-state index is -0.138. The summed E-state index contributed by atoms with van der Waals surface area (Å²) in [5.74, 6) is 2.99. The van der Waals surface area contributed by atoms with Crippen molar-refractivity contribution in [3.8, 4) is 0 Å². The largest absolute Gasteiger partial charge is 0.393 e. The molecule has 16 heavy (non-hydrogen) atoms. The molecule has 4 aliphatic rings. The highest BCUT2D eigenvalue weighted by Crippen LogP contribution is 2.61. The third-order valence-electron chi connectivity index (χ3n) is 5.33. The Balaban J connectivity index is 1.68. The zero-order valence-electron chi connectivity index (χ0n) is 10.2. The van der Waals surface area contributed by atoms with E-state index in [2.05, 4.69) is 0 Å². The third kappa shape index (κ3) is 1.91. The maximum Gasteiger partial charge on any atom is 0.0557 e. The van der Waals surface area contributed by atoms with Crippen LogP contribution in [0.4, 0.5) is 0 Å². The molecule has 0 aromatic heterocycles. The Morgan fingerprint density at radius 1 is 1.06 bits per heavy atom. The molecule has 0 aliphatic heterocycles. The quantitative estimate of drug-likeness (QED) is 0.768. The predicted octanol–water partition coefficient (Wildman–Crippen LogP) is 2.30. The first kappa shape index (κ1) is 11.0. The molecule has 4 bridgehead atoms. The third-order valence-corrected chi connectivity index (χ3v) is 5.33. The lowest BCUT2D eigenvalue weighted by Crippen LogP contribution is -2.47. The van der Waals surface area contributed by atoms with Gasteiger partial charge in [-0.05, 0) is 81.1 Å². The highest BCUT2D eigenvalue weighted by atomic mass is 16.3. The fraction of sp³-hybridized carbons (Fsp3) is 1.00. The van der Waals surface area contributed by atoms with Crippen molar-refractivity contribution in [2.75, 3.05) is 6.54 Å². The first-order valence-corrected chi connectivity index (χ1v) is 7.07. The molecule has 92 valence electrons. The zero-order valence-corrected chi connectivity index (χ0v) is 10.2. The van der Waals surface area contributed by atoms with Gasteiger partial charge in [-0.2, -0.15) is 0 Å². The molecule has 0 amide bonds. The first-order valence-electron chi connectivity index (χ1n) is 7.07. The van der Waals surface area contributed by atoms with E-state index in [0.29, 0.717) is 12.0 Å². The molecule has 3 N–H and O–H groups in total. The summed E-state index contributed by atoms with van der Waals surface area (Å²) in [4.78, 5) is 0. The summed E-state index contributed by atoms with van der Waals surface area (Å²) in [6.07, 6.45) is 10.4. The van der Waals surface area contributed by atoms with Gasteiger partial charge in [0.1, 0.15) is 0 Å². The molecule has 0 aromatic rings. The minimum Gasteiger partial charge on any atom is -0.393 e. The van der Waals surface area contributed by atoms with Gasteiger partial charge in [-0.3, -0.25) is 0 Å². The van der Waals surface area contributed by atoms with Gasteiger partial charge >= 0.3 is 0 Å². The van der Waals surface area contributed by atoms with Gasteiger partial charge in [-0.15, -0.1) is 0 Å². The minimum absolute atomic E-state index is 0.138. The molecule has 0 spiro atoms. The zero-order chi connectivity index (χ0) is 11.2. The number of hydrogen-bond donors (Lipinski definition) is 2. The van der Waals surface area contributed by atoms with E-state index in [4.69, 9.17) is 5.73 Å². The maximum atomic E-state index is 10.0. The second-order valence-electron chi connectivity index (χ2n) is 6.85. The van der Waals surface area contributed by atoms with Gasteiger partial charge in [0.05, 0.1) is 6.10 Å². The molecule has 0 unspecified atom stereocenters. The van der Waals surface area contributed by atoms with Crippen LogP contribution in [0, 0.1) is 23.2 Å². The molecule has 0 radical (unpaired) electrons. The lowest BCUT2D eigenvalue weighted by atomic mass is 9.48. The van der Waals surface area contributed by atoms with Crippen LogP contribution in [0.5, 0.6) is 0 Å². The summed E-state index contributed by atoms with van der Waals surface area (Å²) in [5.41, 5.74) is 6.05. The van der Waals surface area contributed by atoms with Crippen molar-refractivity contribution in [2.24, 2.45) is 28.9 Å². The van der Waals surface area contributed by atoms with Crippen LogP contribution in [0.1, 0.15) is 51.4 Å². The fourth-order valence-electron chi connectivity index (χ4n) is 5.33. The number of rotatable bonds is 4. The summed E-state index contributed by atoms with van der Waals surface area (Å²) < 4.78 is 0. The second-order valence-corrected chi connectivity index (χ2v) is 6.85. The summed E-state index contributed by atoms with van der Waals surface area (Å²) in [7, 11) is 0. The van der Waals surface area contributed by atoms with E-state index in [9.17, 15) is 5.11 Å². The standard InChI is InChI=1S/C14H25NO/c15-2-1-13(16)9-14-6-10-3-11(7-14)5-12(4-10)8-14/h10-13,16H,1-9,15H2/t10?,11?,12?,13-,14?/m1/s1. The summed E-state index contributed by atoms with van der Waals surface area (Å²) in [6.45, 7) is 0.632. The molecule has 4 fully saturated rings. The lowest BCUT2D eigenvalue weighted by molar-refractivity contribution is -0.0762. The molecule has 2 nitrogen and oxygen atoms in total. The summed E-state index contributed by atoms with van der Waals surface area (Å²) >= 11 is 0. The molecule has 4 saturated carbocycles. The monoisotopic (exact) mass is 223 g/mol. The van der Waals surface area contributed by atoms with Crippen LogP contribution in [0.2, 0.25) is 0 Å². The molecule has 0 heterocycles. The fourth-order valence-corrected chi connectivity index (χ4v) is 5.33. The number of aliphatic hydroxyl groups is 1. The highest BCUT2D eigenvalue weighted by molar-refractivity contribution is 5.01. The van der Waals surface area contributed by atoms with Crippen molar-refractivity contribution < 1.29 is 5.11 Å². The Morgan fingerprint density at radius 3 is 2.00 bits per heavy atom. The maximum absolute atomic E-state index is 10.0. The van der Waals surface area contributed by atoms with Gasteiger partial charge in [0.15, 0.2) is 0 Å². The van der Waals surface area contributed by atoms with E-state index in [1.54, 1.807) is 0 Å². The van der Waals surface area contributed by atoms with Crippen LogP contribution in [0.3, 0.4) is 0 Å².